The second-order valence-corrected chi connectivity index (χ2v) is 3.95. The van der Waals surface area contributed by atoms with E-state index in [1.807, 2.05) is 0 Å². The molecule has 0 spiro atoms. The van der Waals surface area contributed by atoms with Crippen LogP contribution >= 0.6 is 0 Å². The zero-order valence-electron chi connectivity index (χ0n) is 9.86. The standard InChI is InChI=1S/C13H10FN5/c14-10-5-3-9(4-6-10)11-8-12(15)19(18-11)13-2-1-7-16-17-13/h1-8H,15H2. The zero-order chi connectivity index (χ0) is 13.2. The Bertz CT molecular complexity index is 691. The van der Waals surface area contributed by atoms with E-state index < -0.39 is 0 Å². The van der Waals surface area contributed by atoms with Gasteiger partial charge in [0, 0.05) is 17.8 Å². The summed E-state index contributed by atoms with van der Waals surface area (Å²) in [5.41, 5.74) is 7.34. The predicted molar refractivity (Wildman–Crippen MR) is 69.0 cm³/mol. The van der Waals surface area contributed by atoms with Gasteiger partial charge in [0.05, 0.1) is 5.69 Å². The number of halogens is 1. The van der Waals surface area contributed by atoms with Gasteiger partial charge in [-0.3, -0.25) is 0 Å². The topological polar surface area (TPSA) is 69.6 Å². The van der Waals surface area contributed by atoms with Gasteiger partial charge in [-0.25, -0.2) is 4.39 Å². The number of hydrogen-bond acceptors (Lipinski definition) is 4. The quantitative estimate of drug-likeness (QED) is 0.760. The molecule has 5 nitrogen and oxygen atoms in total. The van der Waals surface area contributed by atoms with Crippen LogP contribution < -0.4 is 5.73 Å². The highest BCUT2D eigenvalue weighted by Gasteiger charge is 2.09. The van der Waals surface area contributed by atoms with E-state index >= 15 is 0 Å². The fourth-order valence-electron chi connectivity index (χ4n) is 1.75. The Balaban J connectivity index is 2.04. The summed E-state index contributed by atoms with van der Waals surface area (Å²) in [5, 5.41) is 12.1. The van der Waals surface area contributed by atoms with Crippen LogP contribution in [-0.2, 0) is 0 Å². The van der Waals surface area contributed by atoms with Crippen molar-refractivity contribution in [1.82, 2.24) is 20.0 Å². The van der Waals surface area contributed by atoms with Gasteiger partial charge in [0.25, 0.3) is 0 Å². The first-order valence-corrected chi connectivity index (χ1v) is 5.63. The fraction of sp³-hybridized carbons (Fsp3) is 0. The Morgan fingerprint density at radius 2 is 1.89 bits per heavy atom. The summed E-state index contributed by atoms with van der Waals surface area (Å²) in [6, 6.07) is 11.3. The van der Waals surface area contributed by atoms with E-state index in [4.69, 9.17) is 5.73 Å². The molecule has 0 bridgehead atoms. The van der Waals surface area contributed by atoms with Crippen LogP contribution in [0.1, 0.15) is 0 Å². The highest BCUT2D eigenvalue weighted by Crippen LogP contribution is 2.22. The number of nitrogen functional groups attached to an aromatic ring is 1. The number of anilines is 1. The van der Waals surface area contributed by atoms with E-state index in [1.54, 1.807) is 36.5 Å². The Labute approximate surface area is 108 Å². The smallest absolute Gasteiger partial charge is 0.177 e. The fourth-order valence-corrected chi connectivity index (χ4v) is 1.75. The number of benzene rings is 1. The van der Waals surface area contributed by atoms with Gasteiger partial charge in [0.1, 0.15) is 11.6 Å². The lowest BCUT2D eigenvalue weighted by molar-refractivity contribution is 0.628. The molecule has 2 N–H and O–H groups in total. The van der Waals surface area contributed by atoms with E-state index in [-0.39, 0.29) is 5.82 Å². The average molecular weight is 255 g/mol. The van der Waals surface area contributed by atoms with Crippen LogP contribution in [0, 0.1) is 5.82 Å². The summed E-state index contributed by atoms with van der Waals surface area (Å²) in [7, 11) is 0. The lowest BCUT2D eigenvalue weighted by atomic mass is 10.1. The molecule has 1 aromatic carbocycles. The second kappa shape index (κ2) is 4.49. The molecule has 0 aliphatic carbocycles. The van der Waals surface area contributed by atoms with Crippen molar-refractivity contribution in [1.29, 1.82) is 0 Å². The van der Waals surface area contributed by atoms with Crippen LogP contribution in [0.15, 0.2) is 48.7 Å². The molecule has 0 aliphatic rings. The van der Waals surface area contributed by atoms with Gasteiger partial charge < -0.3 is 5.73 Å². The molecule has 6 heteroatoms. The molecule has 0 unspecified atom stereocenters. The van der Waals surface area contributed by atoms with Gasteiger partial charge in [0.2, 0.25) is 0 Å². The monoisotopic (exact) mass is 255 g/mol. The predicted octanol–water partition coefficient (Wildman–Crippen LogP) is 2.05. The van der Waals surface area contributed by atoms with Crippen molar-refractivity contribution in [2.24, 2.45) is 0 Å². The highest BCUT2D eigenvalue weighted by atomic mass is 19.1. The number of aromatic nitrogens is 4. The first-order chi connectivity index (χ1) is 9.24. The van der Waals surface area contributed by atoms with Crippen molar-refractivity contribution in [3.63, 3.8) is 0 Å². The van der Waals surface area contributed by atoms with Crippen molar-refractivity contribution in [3.05, 3.63) is 54.5 Å². The lowest BCUT2D eigenvalue weighted by Gasteiger charge is -2.00. The minimum absolute atomic E-state index is 0.287. The molecule has 94 valence electrons. The van der Waals surface area contributed by atoms with Crippen LogP contribution in [0.2, 0.25) is 0 Å². The minimum Gasteiger partial charge on any atom is -0.384 e. The Morgan fingerprint density at radius 1 is 1.11 bits per heavy atom. The average Bonchev–Trinajstić information content (AvgIpc) is 2.83. The minimum atomic E-state index is -0.287. The maximum atomic E-state index is 12.9. The summed E-state index contributed by atoms with van der Waals surface area (Å²) in [4.78, 5) is 0. The molecule has 0 saturated heterocycles. The molecule has 0 atom stereocenters. The van der Waals surface area contributed by atoms with Crippen molar-refractivity contribution >= 4 is 5.82 Å². The molecular weight excluding hydrogens is 245 g/mol. The number of nitrogens with zero attached hydrogens (tertiary/aromatic N) is 4. The summed E-state index contributed by atoms with van der Waals surface area (Å²) >= 11 is 0. The van der Waals surface area contributed by atoms with Gasteiger partial charge in [-0.2, -0.15) is 14.9 Å². The van der Waals surface area contributed by atoms with Crippen molar-refractivity contribution in [2.75, 3.05) is 5.73 Å². The molecule has 2 heterocycles. The maximum absolute atomic E-state index is 12.9. The third-order valence-electron chi connectivity index (χ3n) is 2.65. The molecule has 0 fully saturated rings. The Kier molecular flexibility index (Phi) is 2.68. The molecule has 0 aliphatic heterocycles. The molecular formula is C13H10FN5. The van der Waals surface area contributed by atoms with Gasteiger partial charge in [-0.15, -0.1) is 5.10 Å². The summed E-state index contributed by atoms with van der Waals surface area (Å²) < 4.78 is 14.4. The molecule has 0 radical (unpaired) electrons. The first kappa shape index (κ1) is 11.3. The molecule has 0 saturated carbocycles. The summed E-state index contributed by atoms with van der Waals surface area (Å²) in [6.45, 7) is 0. The van der Waals surface area contributed by atoms with Crippen LogP contribution in [-0.4, -0.2) is 20.0 Å². The van der Waals surface area contributed by atoms with Gasteiger partial charge in [0.15, 0.2) is 5.82 Å². The second-order valence-electron chi connectivity index (χ2n) is 3.95. The highest BCUT2D eigenvalue weighted by molar-refractivity contribution is 5.63. The van der Waals surface area contributed by atoms with Crippen LogP contribution in [0.4, 0.5) is 10.2 Å². The normalized spacial score (nSPS) is 10.6. The first-order valence-electron chi connectivity index (χ1n) is 5.63. The molecule has 0 amide bonds. The third kappa shape index (κ3) is 2.15. The maximum Gasteiger partial charge on any atom is 0.177 e. The molecule has 19 heavy (non-hydrogen) atoms. The zero-order valence-corrected chi connectivity index (χ0v) is 9.86. The summed E-state index contributed by atoms with van der Waals surface area (Å²) in [6.07, 6.45) is 1.57. The van der Waals surface area contributed by atoms with Crippen molar-refractivity contribution < 1.29 is 4.39 Å². The van der Waals surface area contributed by atoms with Gasteiger partial charge in [-0.05, 0) is 36.4 Å². The molecule has 3 rings (SSSR count). The molecule has 3 aromatic rings. The van der Waals surface area contributed by atoms with E-state index in [0.29, 0.717) is 17.3 Å². The van der Waals surface area contributed by atoms with E-state index in [0.717, 1.165) is 5.56 Å². The number of nitrogens with two attached hydrogens (primary N) is 1. The van der Waals surface area contributed by atoms with Gasteiger partial charge >= 0.3 is 0 Å². The Morgan fingerprint density at radius 3 is 2.58 bits per heavy atom. The van der Waals surface area contributed by atoms with Gasteiger partial charge in [-0.1, -0.05) is 0 Å². The number of rotatable bonds is 2. The number of hydrogen-bond donors (Lipinski definition) is 1. The molecule has 2 aromatic heterocycles. The van der Waals surface area contributed by atoms with Crippen molar-refractivity contribution in [2.45, 2.75) is 0 Å². The van der Waals surface area contributed by atoms with E-state index in [9.17, 15) is 4.39 Å². The van der Waals surface area contributed by atoms with E-state index in [2.05, 4.69) is 15.3 Å². The largest absolute Gasteiger partial charge is 0.384 e. The Hall–Kier alpha value is -2.76. The lowest BCUT2D eigenvalue weighted by Crippen LogP contribution is -2.04. The van der Waals surface area contributed by atoms with Crippen molar-refractivity contribution in [3.8, 4) is 17.1 Å². The van der Waals surface area contributed by atoms with E-state index in [1.165, 1.54) is 16.8 Å². The summed E-state index contributed by atoms with van der Waals surface area (Å²) in [5.74, 6) is 0.693. The van der Waals surface area contributed by atoms with Crippen LogP contribution in [0.5, 0.6) is 0 Å². The SMILES string of the molecule is Nc1cc(-c2ccc(F)cc2)nn1-c1cccnn1. The third-order valence-corrected chi connectivity index (χ3v) is 2.65. The van der Waals surface area contributed by atoms with Crippen LogP contribution in [0.25, 0.3) is 17.1 Å². The van der Waals surface area contributed by atoms with Crippen LogP contribution in [0.3, 0.4) is 0 Å².